The minimum Gasteiger partial charge on any atom is -0.465 e. The van der Waals surface area contributed by atoms with Crippen LogP contribution < -0.4 is 5.32 Å². The molecule has 0 bridgehead atoms. The number of esters is 1. The van der Waals surface area contributed by atoms with Crippen LogP contribution in [0.15, 0.2) is 18.2 Å². The third-order valence-electron chi connectivity index (χ3n) is 2.58. The summed E-state index contributed by atoms with van der Waals surface area (Å²) in [5.41, 5.74) is 1.68. The van der Waals surface area contributed by atoms with Gasteiger partial charge in [0.1, 0.15) is 0 Å². The molecule has 0 atom stereocenters. The lowest BCUT2D eigenvalue weighted by Crippen LogP contribution is -2.14. The van der Waals surface area contributed by atoms with Gasteiger partial charge >= 0.3 is 5.97 Å². The van der Waals surface area contributed by atoms with Crippen molar-refractivity contribution in [2.45, 2.75) is 19.8 Å². The molecule has 1 aromatic carbocycles. The van der Waals surface area contributed by atoms with Crippen LogP contribution in [0.1, 0.15) is 28.8 Å². The zero-order valence-corrected chi connectivity index (χ0v) is 10.5. The number of nitrogens with one attached hydrogen (secondary N) is 1. The SMILES string of the molecule is COC(=O)c1cccc(NC(=O)CCCO)c1C. The van der Waals surface area contributed by atoms with Crippen LogP contribution >= 0.6 is 0 Å². The molecule has 0 unspecified atom stereocenters. The second-order valence-electron chi connectivity index (χ2n) is 3.85. The highest BCUT2D eigenvalue weighted by Gasteiger charge is 2.12. The predicted molar refractivity (Wildman–Crippen MR) is 67.5 cm³/mol. The summed E-state index contributed by atoms with van der Waals surface area (Å²) in [6.07, 6.45) is 0.667. The van der Waals surface area contributed by atoms with Gasteiger partial charge in [0.05, 0.1) is 12.7 Å². The molecule has 5 nitrogen and oxygen atoms in total. The Bertz CT molecular complexity index is 443. The molecule has 1 amide bonds. The van der Waals surface area contributed by atoms with Crippen molar-refractivity contribution in [2.24, 2.45) is 0 Å². The highest BCUT2D eigenvalue weighted by molar-refractivity contribution is 5.96. The summed E-state index contributed by atoms with van der Waals surface area (Å²) in [5, 5.41) is 11.3. The van der Waals surface area contributed by atoms with E-state index in [1.807, 2.05) is 0 Å². The van der Waals surface area contributed by atoms with E-state index in [4.69, 9.17) is 5.11 Å². The Balaban J connectivity index is 2.84. The number of carbonyl (C=O) groups excluding carboxylic acids is 2. The van der Waals surface area contributed by atoms with Crippen molar-refractivity contribution in [1.29, 1.82) is 0 Å². The molecule has 1 rings (SSSR count). The zero-order chi connectivity index (χ0) is 13.5. The number of hydrogen-bond acceptors (Lipinski definition) is 4. The lowest BCUT2D eigenvalue weighted by Gasteiger charge is -2.11. The van der Waals surface area contributed by atoms with E-state index in [0.717, 1.165) is 0 Å². The first-order valence-corrected chi connectivity index (χ1v) is 5.68. The molecule has 1 aromatic rings. The highest BCUT2D eigenvalue weighted by atomic mass is 16.5. The molecule has 0 saturated heterocycles. The van der Waals surface area contributed by atoms with E-state index in [-0.39, 0.29) is 18.9 Å². The first-order valence-electron chi connectivity index (χ1n) is 5.68. The number of aliphatic hydroxyl groups is 1. The fourth-order valence-electron chi connectivity index (χ4n) is 1.55. The molecule has 0 aliphatic heterocycles. The Morgan fingerprint density at radius 3 is 2.72 bits per heavy atom. The van der Waals surface area contributed by atoms with Crippen molar-refractivity contribution in [1.82, 2.24) is 0 Å². The van der Waals surface area contributed by atoms with Crippen molar-refractivity contribution in [3.05, 3.63) is 29.3 Å². The Kier molecular flexibility index (Phi) is 5.32. The topological polar surface area (TPSA) is 75.6 Å². The zero-order valence-electron chi connectivity index (χ0n) is 10.5. The Hall–Kier alpha value is -1.88. The molecule has 0 aromatic heterocycles. The van der Waals surface area contributed by atoms with Gasteiger partial charge in [0.25, 0.3) is 0 Å². The number of ether oxygens (including phenoxy) is 1. The summed E-state index contributed by atoms with van der Waals surface area (Å²) in [7, 11) is 1.31. The van der Waals surface area contributed by atoms with Crippen LogP contribution in [0.2, 0.25) is 0 Å². The molecule has 0 spiro atoms. The van der Waals surface area contributed by atoms with E-state index < -0.39 is 5.97 Å². The lowest BCUT2D eigenvalue weighted by atomic mass is 10.1. The van der Waals surface area contributed by atoms with Gasteiger partial charge in [0, 0.05) is 18.7 Å². The number of carbonyl (C=O) groups is 2. The molecule has 0 aliphatic rings. The lowest BCUT2D eigenvalue weighted by molar-refractivity contribution is -0.116. The van der Waals surface area contributed by atoms with Crippen LogP contribution in [-0.4, -0.2) is 30.7 Å². The summed E-state index contributed by atoms with van der Waals surface area (Å²) in [5.74, 6) is -0.617. The van der Waals surface area contributed by atoms with Crippen molar-refractivity contribution in [3.63, 3.8) is 0 Å². The van der Waals surface area contributed by atoms with Crippen LogP contribution in [0, 0.1) is 6.92 Å². The molecule has 2 N–H and O–H groups in total. The van der Waals surface area contributed by atoms with Gasteiger partial charge in [-0.2, -0.15) is 0 Å². The first kappa shape index (κ1) is 14.2. The molecule has 0 aliphatic carbocycles. The van der Waals surface area contributed by atoms with Gasteiger partial charge in [-0.15, -0.1) is 0 Å². The third-order valence-corrected chi connectivity index (χ3v) is 2.58. The third kappa shape index (κ3) is 3.56. The smallest absolute Gasteiger partial charge is 0.338 e. The van der Waals surface area contributed by atoms with Crippen molar-refractivity contribution < 1.29 is 19.4 Å². The van der Waals surface area contributed by atoms with Crippen LogP contribution in [0.3, 0.4) is 0 Å². The fourth-order valence-corrected chi connectivity index (χ4v) is 1.55. The maximum atomic E-state index is 11.5. The number of hydrogen-bond donors (Lipinski definition) is 2. The maximum Gasteiger partial charge on any atom is 0.338 e. The summed E-state index contributed by atoms with van der Waals surface area (Å²) >= 11 is 0. The van der Waals surface area contributed by atoms with E-state index in [9.17, 15) is 9.59 Å². The van der Waals surface area contributed by atoms with Gasteiger partial charge in [0.2, 0.25) is 5.91 Å². The standard InChI is InChI=1S/C13H17NO4/c1-9-10(13(17)18-2)5-3-6-11(9)14-12(16)7-4-8-15/h3,5-6,15H,4,7-8H2,1-2H3,(H,14,16). The summed E-state index contributed by atoms with van der Waals surface area (Å²) in [4.78, 5) is 23.0. The van der Waals surface area contributed by atoms with E-state index in [2.05, 4.69) is 10.1 Å². The van der Waals surface area contributed by atoms with Gasteiger partial charge in [-0.25, -0.2) is 4.79 Å². The molecular formula is C13H17NO4. The number of anilines is 1. The Labute approximate surface area is 106 Å². The Morgan fingerprint density at radius 2 is 2.11 bits per heavy atom. The monoisotopic (exact) mass is 251 g/mol. The number of methoxy groups -OCH3 is 1. The number of amides is 1. The van der Waals surface area contributed by atoms with Crippen LogP contribution in [0.4, 0.5) is 5.69 Å². The van der Waals surface area contributed by atoms with E-state index in [1.54, 1.807) is 25.1 Å². The quantitative estimate of drug-likeness (QED) is 0.777. The largest absolute Gasteiger partial charge is 0.465 e. The van der Waals surface area contributed by atoms with Crippen LogP contribution in [0.5, 0.6) is 0 Å². The van der Waals surface area contributed by atoms with E-state index in [0.29, 0.717) is 23.2 Å². The number of aliphatic hydroxyl groups excluding tert-OH is 1. The molecule has 18 heavy (non-hydrogen) atoms. The highest BCUT2D eigenvalue weighted by Crippen LogP contribution is 2.19. The first-order chi connectivity index (χ1) is 8.60. The second kappa shape index (κ2) is 6.76. The molecule has 0 fully saturated rings. The van der Waals surface area contributed by atoms with E-state index >= 15 is 0 Å². The number of benzene rings is 1. The summed E-state index contributed by atoms with van der Waals surface area (Å²) in [6.45, 7) is 1.72. The minimum atomic E-state index is -0.432. The molecule has 98 valence electrons. The fraction of sp³-hybridized carbons (Fsp3) is 0.385. The van der Waals surface area contributed by atoms with Crippen molar-refractivity contribution in [3.8, 4) is 0 Å². The van der Waals surface area contributed by atoms with Gasteiger partial charge in [-0.05, 0) is 31.0 Å². The maximum absolute atomic E-state index is 11.5. The molecule has 5 heteroatoms. The van der Waals surface area contributed by atoms with E-state index in [1.165, 1.54) is 7.11 Å². The van der Waals surface area contributed by atoms with Crippen molar-refractivity contribution >= 4 is 17.6 Å². The van der Waals surface area contributed by atoms with Gasteiger partial charge in [0.15, 0.2) is 0 Å². The second-order valence-corrected chi connectivity index (χ2v) is 3.85. The van der Waals surface area contributed by atoms with Gasteiger partial charge in [-0.3, -0.25) is 4.79 Å². The average Bonchev–Trinajstić information content (AvgIpc) is 2.38. The summed E-state index contributed by atoms with van der Waals surface area (Å²) < 4.78 is 4.66. The average molecular weight is 251 g/mol. The summed E-state index contributed by atoms with van der Waals surface area (Å²) in [6, 6.07) is 5.05. The minimum absolute atomic E-state index is 0.0192. The van der Waals surface area contributed by atoms with Crippen LogP contribution in [0.25, 0.3) is 0 Å². The van der Waals surface area contributed by atoms with Crippen LogP contribution in [-0.2, 0) is 9.53 Å². The molecule has 0 saturated carbocycles. The van der Waals surface area contributed by atoms with Crippen molar-refractivity contribution in [2.75, 3.05) is 19.0 Å². The van der Waals surface area contributed by atoms with Gasteiger partial charge < -0.3 is 15.2 Å². The predicted octanol–water partition coefficient (Wildman–Crippen LogP) is 1.49. The van der Waals surface area contributed by atoms with Gasteiger partial charge in [-0.1, -0.05) is 6.07 Å². The Morgan fingerprint density at radius 1 is 1.39 bits per heavy atom. The molecular weight excluding hydrogens is 234 g/mol. The number of rotatable bonds is 5. The molecule has 0 radical (unpaired) electrons. The molecule has 0 heterocycles. The normalized spacial score (nSPS) is 9.94.